The minimum atomic E-state index is -0.682. The van der Waals surface area contributed by atoms with Crippen LogP contribution in [0.5, 0.6) is 11.5 Å². The first-order valence-corrected chi connectivity index (χ1v) is 11.9. The van der Waals surface area contributed by atoms with Gasteiger partial charge in [-0.05, 0) is 36.6 Å². The van der Waals surface area contributed by atoms with Gasteiger partial charge in [-0.3, -0.25) is 9.59 Å². The van der Waals surface area contributed by atoms with E-state index in [1.54, 1.807) is 24.1 Å². The van der Waals surface area contributed by atoms with Gasteiger partial charge in [0.25, 0.3) is 5.91 Å². The van der Waals surface area contributed by atoms with E-state index in [1.807, 2.05) is 80.6 Å². The lowest BCUT2D eigenvalue weighted by Crippen LogP contribution is -2.51. The molecular formula is C29H34N2O4. The highest BCUT2D eigenvalue weighted by Gasteiger charge is 2.30. The van der Waals surface area contributed by atoms with E-state index in [1.165, 1.54) is 0 Å². The summed E-state index contributed by atoms with van der Waals surface area (Å²) in [6.45, 7) is 4.65. The monoisotopic (exact) mass is 474 g/mol. The zero-order valence-electron chi connectivity index (χ0n) is 20.7. The summed E-state index contributed by atoms with van der Waals surface area (Å²) in [6, 6.07) is 24.2. The maximum atomic E-state index is 13.6. The SMILES string of the molecule is CCCNC(=O)C(Cc1ccccc1)N(Cc1cccc(C)c1)C(=O)COc1ccccc1OC. The third-order valence-corrected chi connectivity index (χ3v) is 5.68. The molecule has 0 heterocycles. The number of nitrogens with zero attached hydrogens (tertiary/aromatic N) is 1. The molecule has 3 rings (SSSR count). The lowest BCUT2D eigenvalue weighted by molar-refractivity contribution is -0.142. The van der Waals surface area contributed by atoms with Gasteiger partial charge in [0.2, 0.25) is 5.91 Å². The molecule has 0 aliphatic rings. The third-order valence-electron chi connectivity index (χ3n) is 5.68. The second kappa shape index (κ2) is 13.2. The number of benzene rings is 3. The lowest BCUT2D eigenvalue weighted by Gasteiger charge is -2.31. The van der Waals surface area contributed by atoms with Crippen LogP contribution in [0.3, 0.4) is 0 Å². The molecule has 184 valence electrons. The van der Waals surface area contributed by atoms with E-state index in [-0.39, 0.29) is 18.4 Å². The predicted molar refractivity (Wildman–Crippen MR) is 137 cm³/mol. The van der Waals surface area contributed by atoms with Crippen LogP contribution in [0.4, 0.5) is 0 Å². The van der Waals surface area contributed by atoms with Crippen molar-refractivity contribution in [3.05, 3.63) is 95.6 Å². The average Bonchev–Trinajstić information content (AvgIpc) is 2.88. The van der Waals surface area contributed by atoms with Gasteiger partial charge in [-0.2, -0.15) is 0 Å². The Kier molecular flexibility index (Phi) is 9.72. The Bertz CT molecular complexity index is 1100. The van der Waals surface area contributed by atoms with Crippen LogP contribution < -0.4 is 14.8 Å². The molecule has 1 unspecified atom stereocenters. The van der Waals surface area contributed by atoms with Gasteiger partial charge < -0.3 is 19.7 Å². The Morgan fingerprint density at radius 1 is 0.914 bits per heavy atom. The molecule has 0 aromatic heterocycles. The van der Waals surface area contributed by atoms with Gasteiger partial charge in [-0.25, -0.2) is 0 Å². The number of para-hydroxylation sites is 2. The molecule has 6 nitrogen and oxygen atoms in total. The molecule has 6 heteroatoms. The predicted octanol–water partition coefficient (Wildman–Crippen LogP) is 4.55. The summed E-state index contributed by atoms with van der Waals surface area (Å²) >= 11 is 0. The second-order valence-corrected chi connectivity index (χ2v) is 8.45. The average molecular weight is 475 g/mol. The zero-order valence-corrected chi connectivity index (χ0v) is 20.7. The summed E-state index contributed by atoms with van der Waals surface area (Å²) in [6.07, 6.45) is 1.22. The van der Waals surface area contributed by atoms with E-state index in [2.05, 4.69) is 5.32 Å². The molecule has 0 saturated heterocycles. The van der Waals surface area contributed by atoms with Crippen molar-refractivity contribution in [3.63, 3.8) is 0 Å². The number of carbonyl (C=O) groups is 2. The van der Waals surface area contributed by atoms with Crippen LogP contribution in [0.25, 0.3) is 0 Å². The van der Waals surface area contributed by atoms with Crippen molar-refractivity contribution in [2.75, 3.05) is 20.3 Å². The van der Waals surface area contributed by atoms with Crippen molar-refractivity contribution in [1.82, 2.24) is 10.2 Å². The van der Waals surface area contributed by atoms with Crippen LogP contribution in [0, 0.1) is 6.92 Å². The molecular weight excluding hydrogens is 440 g/mol. The molecule has 1 N–H and O–H groups in total. The molecule has 0 bridgehead atoms. The van der Waals surface area contributed by atoms with Crippen molar-refractivity contribution in [3.8, 4) is 11.5 Å². The first kappa shape index (κ1) is 25.8. The van der Waals surface area contributed by atoms with Crippen molar-refractivity contribution in [2.24, 2.45) is 0 Å². The van der Waals surface area contributed by atoms with Crippen LogP contribution in [-0.4, -0.2) is 43.0 Å². The molecule has 35 heavy (non-hydrogen) atoms. The molecule has 0 aliphatic heterocycles. The van der Waals surface area contributed by atoms with Crippen LogP contribution in [0.15, 0.2) is 78.9 Å². The van der Waals surface area contributed by atoms with Crippen LogP contribution in [-0.2, 0) is 22.6 Å². The normalized spacial score (nSPS) is 11.4. The highest BCUT2D eigenvalue weighted by Crippen LogP contribution is 2.26. The maximum absolute atomic E-state index is 13.6. The lowest BCUT2D eigenvalue weighted by atomic mass is 10.0. The van der Waals surface area contributed by atoms with Crippen LogP contribution >= 0.6 is 0 Å². The minimum Gasteiger partial charge on any atom is -0.493 e. The van der Waals surface area contributed by atoms with E-state index in [9.17, 15) is 9.59 Å². The van der Waals surface area contributed by atoms with Crippen molar-refractivity contribution in [1.29, 1.82) is 0 Å². The van der Waals surface area contributed by atoms with Gasteiger partial charge >= 0.3 is 0 Å². The maximum Gasteiger partial charge on any atom is 0.261 e. The first-order chi connectivity index (χ1) is 17.0. The Morgan fingerprint density at radius 2 is 1.60 bits per heavy atom. The fourth-order valence-electron chi connectivity index (χ4n) is 3.89. The number of aryl methyl sites for hydroxylation is 1. The van der Waals surface area contributed by atoms with E-state index in [0.717, 1.165) is 23.1 Å². The summed E-state index contributed by atoms with van der Waals surface area (Å²) in [4.78, 5) is 28.5. The Morgan fingerprint density at radius 3 is 2.29 bits per heavy atom. The fourth-order valence-corrected chi connectivity index (χ4v) is 3.89. The number of amides is 2. The Labute approximate surface area is 207 Å². The Balaban J connectivity index is 1.90. The van der Waals surface area contributed by atoms with Gasteiger partial charge in [0.05, 0.1) is 7.11 Å². The van der Waals surface area contributed by atoms with E-state index in [4.69, 9.17) is 9.47 Å². The number of methoxy groups -OCH3 is 1. The molecule has 3 aromatic rings. The highest BCUT2D eigenvalue weighted by atomic mass is 16.5. The van der Waals surface area contributed by atoms with Gasteiger partial charge in [-0.1, -0.05) is 79.2 Å². The number of nitrogens with one attached hydrogen (secondary N) is 1. The van der Waals surface area contributed by atoms with Crippen molar-refractivity contribution >= 4 is 11.8 Å². The molecule has 0 radical (unpaired) electrons. The summed E-state index contributed by atoms with van der Waals surface area (Å²) in [5, 5.41) is 2.98. The van der Waals surface area contributed by atoms with E-state index in [0.29, 0.717) is 31.0 Å². The quantitative estimate of drug-likeness (QED) is 0.418. The number of ether oxygens (including phenoxy) is 2. The molecule has 3 aromatic carbocycles. The molecule has 1 atom stereocenters. The van der Waals surface area contributed by atoms with Gasteiger partial charge in [0, 0.05) is 19.5 Å². The smallest absolute Gasteiger partial charge is 0.261 e. The standard InChI is InChI=1S/C29H34N2O4/c1-4-17-30-29(33)25(19-23-12-6-5-7-13-23)31(20-24-14-10-11-22(2)18-24)28(32)21-35-27-16-9-8-15-26(27)34-3/h5-16,18,25H,4,17,19-21H2,1-3H3,(H,30,33). The van der Waals surface area contributed by atoms with E-state index < -0.39 is 6.04 Å². The van der Waals surface area contributed by atoms with Gasteiger partial charge in [0.15, 0.2) is 18.1 Å². The van der Waals surface area contributed by atoms with E-state index >= 15 is 0 Å². The number of carbonyl (C=O) groups excluding carboxylic acids is 2. The summed E-state index contributed by atoms with van der Waals surface area (Å²) in [5.41, 5.74) is 3.03. The minimum absolute atomic E-state index is 0.172. The van der Waals surface area contributed by atoms with Crippen LogP contribution in [0.1, 0.15) is 30.0 Å². The zero-order chi connectivity index (χ0) is 25.0. The number of hydrogen-bond donors (Lipinski definition) is 1. The summed E-state index contributed by atoms with van der Waals surface area (Å²) in [5.74, 6) is 0.583. The highest BCUT2D eigenvalue weighted by molar-refractivity contribution is 5.88. The van der Waals surface area contributed by atoms with Crippen molar-refractivity contribution < 1.29 is 19.1 Å². The summed E-state index contributed by atoms with van der Waals surface area (Å²) in [7, 11) is 1.56. The molecule has 0 saturated carbocycles. The van der Waals surface area contributed by atoms with Gasteiger partial charge in [-0.15, -0.1) is 0 Å². The number of hydrogen-bond acceptors (Lipinski definition) is 4. The molecule has 0 aliphatic carbocycles. The fraction of sp³-hybridized carbons (Fsp3) is 0.310. The van der Waals surface area contributed by atoms with Crippen molar-refractivity contribution in [2.45, 2.75) is 39.3 Å². The topological polar surface area (TPSA) is 67.9 Å². The molecule has 0 spiro atoms. The number of rotatable bonds is 12. The summed E-state index contributed by atoms with van der Waals surface area (Å²) < 4.78 is 11.2. The van der Waals surface area contributed by atoms with Crippen LogP contribution in [0.2, 0.25) is 0 Å². The Hall–Kier alpha value is -3.80. The third kappa shape index (κ3) is 7.60. The molecule has 2 amide bonds. The van der Waals surface area contributed by atoms with Gasteiger partial charge in [0.1, 0.15) is 6.04 Å². The first-order valence-electron chi connectivity index (χ1n) is 11.9. The second-order valence-electron chi connectivity index (χ2n) is 8.45. The largest absolute Gasteiger partial charge is 0.493 e. The molecule has 0 fully saturated rings.